The molecular formula is C13H16ClNS2. The van der Waals surface area contributed by atoms with E-state index in [9.17, 15) is 0 Å². The third-order valence-electron chi connectivity index (χ3n) is 2.67. The summed E-state index contributed by atoms with van der Waals surface area (Å²) in [6, 6.07) is 4.40. The minimum Gasteiger partial charge on any atom is -0.305 e. The van der Waals surface area contributed by atoms with E-state index in [0.29, 0.717) is 0 Å². The highest BCUT2D eigenvalue weighted by atomic mass is 35.5. The Labute approximate surface area is 115 Å². The van der Waals surface area contributed by atoms with Crippen LogP contribution in [0.1, 0.15) is 34.7 Å². The van der Waals surface area contributed by atoms with Gasteiger partial charge in [0.2, 0.25) is 0 Å². The quantitative estimate of drug-likeness (QED) is 0.827. The molecule has 0 amide bonds. The fraction of sp³-hybridized carbons (Fsp3) is 0.385. The second kappa shape index (κ2) is 6.01. The van der Waals surface area contributed by atoms with E-state index in [-0.39, 0.29) is 6.04 Å². The first-order valence-corrected chi connectivity index (χ1v) is 7.88. The van der Waals surface area contributed by atoms with Gasteiger partial charge in [0, 0.05) is 9.75 Å². The highest BCUT2D eigenvalue weighted by Gasteiger charge is 2.20. The second-order valence-corrected chi connectivity index (χ2v) is 6.29. The summed E-state index contributed by atoms with van der Waals surface area (Å²) in [4.78, 5) is 2.61. The molecule has 2 rings (SSSR count). The van der Waals surface area contributed by atoms with E-state index in [2.05, 4.69) is 36.0 Å². The fourth-order valence-electron chi connectivity index (χ4n) is 1.78. The molecule has 1 nitrogen and oxygen atoms in total. The second-order valence-electron chi connectivity index (χ2n) is 3.99. The molecule has 1 atom stereocenters. The summed E-state index contributed by atoms with van der Waals surface area (Å²) in [6.45, 7) is 5.35. The summed E-state index contributed by atoms with van der Waals surface area (Å²) < 4.78 is 0. The van der Waals surface area contributed by atoms with Crippen LogP contribution in [0.2, 0.25) is 5.02 Å². The van der Waals surface area contributed by atoms with E-state index in [1.165, 1.54) is 15.3 Å². The van der Waals surface area contributed by atoms with Gasteiger partial charge < -0.3 is 5.32 Å². The van der Waals surface area contributed by atoms with Crippen LogP contribution in [-0.4, -0.2) is 6.54 Å². The summed E-state index contributed by atoms with van der Waals surface area (Å²) in [5.41, 5.74) is 1.34. The van der Waals surface area contributed by atoms with Crippen molar-refractivity contribution in [1.82, 2.24) is 5.32 Å². The van der Waals surface area contributed by atoms with E-state index < -0.39 is 0 Å². The standard InChI is InChI=1S/C13H16ClNS2/c1-3-6-15-11(12-9(2)4-7-16-12)13-10(14)5-8-17-13/h4-5,7-8,11,15H,3,6H2,1-2H3. The molecule has 17 heavy (non-hydrogen) atoms. The molecule has 2 aromatic rings. The number of aryl methyl sites for hydroxylation is 1. The number of hydrogen-bond acceptors (Lipinski definition) is 3. The molecule has 0 fully saturated rings. The molecule has 1 N–H and O–H groups in total. The van der Waals surface area contributed by atoms with E-state index in [1.54, 1.807) is 22.7 Å². The lowest BCUT2D eigenvalue weighted by Crippen LogP contribution is -2.22. The maximum Gasteiger partial charge on any atom is 0.0782 e. The zero-order valence-corrected chi connectivity index (χ0v) is 12.4. The van der Waals surface area contributed by atoms with Crippen LogP contribution in [-0.2, 0) is 0 Å². The Hall–Kier alpha value is -0.350. The van der Waals surface area contributed by atoms with Gasteiger partial charge in [0.15, 0.2) is 0 Å². The first kappa shape index (κ1) is 13.1. The Bertz CT molecular complexity index is 435. The monoisotopic (exact) mass is 285 g/mol. The molecule has 2 aromatic heterocycles. The van der Waals surface area contributed by atoms with Crippen LogP contribution in [0.25, 0.3) is 0 Å². The molecule has 92 valence electrons. The molecule has 1 unspecified atom stereocenters. The van der Waals surface area contributed by atoms with Crippen LogP contribution in [0.4, 0.5) is 0 Å². The highest BCUT2D eigenvalue weighted by Crippen LogP contribution is 2.36. The lowest BCUT2D eigenvalue weighted by atomic mass is 10.1. The zero-order chi connectivity index (χ0) is 12.3. The number of hydrogen-bond donors (Lipinski definition) is 1. The van der Waals surface area contributed by atoms with Crippen LogP contribution >= 0.6 is 34.3 Å². The first-order valence-electron chi connectivity index (χ1n) is 5.74. The number of nitrogens with one attached hydrogen (secondary N) is 1. The SMILES string of the molecule is CCCNC(c1sccc1C)c1sccc1Cl. The molecule has 0 saturated carbocycles. The van der Waals surface area contributed by atoms with Crippen LogP contribution < -0.4 is 5.32 Å². The Kier molecular flexibility index (Phi) is 4.62. The normalized spacial score (nSPS) is 12.9. The van der Waals surface area contributed by atoms with E-state index in [0.717, 1.165) is 18.0 Å². The smallest absolute Gasteiger partial charge is 0.0782 e. The Balaban J connectivity index is 2.32. The van der Waals surface area contributed by atoms with Gasteiger partial charge in [-0.2, -0.15) is 0 Å². The fourth-order valence-corrected chi connectivity index (χ4v) is 4.12. The van der Waals surface area contributed by atoms with Crippen molar-refractivity contribution in [2.75, 3.05) is 6.54 Å². The molecule has 0 aliphatic rings. The lowest BCUT2D eigenvalue weighted by Gasteiger charge is -2.17. The van der Waals surface area contributed by atoms with Gasteiger partial charge in [-0.25, -0.2) is 0 Å². The van der Waals surface area contributed by atoms with Gasteiger partial charge in [0.05, 0.1) is 11.1 Å². The van der Waals surface area contributed by atoms with Crippen molar-refractivity contribution >= 4 is 34.3 Å². The Morgan fingerprint density at radius 3 is 2.47 bits per heavy atom. The number of rotatable bonds is 5. The average Bonchev–Trinajstić information content (AvgIpc) is 2.90. The lowest BCUT2D eigenvalue weighted by molar-refractivity contribution is 0.611. The van der Waals surface area contributed by atoms with Crippen LogP contribution in [0.3, 0.4) is 0 Å². The third kappa shape index (κ3) is 2.91. The van der Waals surface area contributed by atoms with Crippen molar-refractivity contribution in [2.45, 2.75) is 26.3 Å². The maximum absolute atomic E-state index is 6.26. The minimum atomic E-state index is 0.252. The van der Waals surface area contributed by atoms with Crippen molar-refractivity contribution in [2.24, 2.45) is 0 Å². The van der Waals surface area contributed by atoms with Gasteiger partial charge in [-0.1, -0.05) is 18.5 Å². The maximum atomic E-state index is 6.26. The van der Waals surface area contributed by atoms with Crippen LogP contribution in [0.5, 0.6) is 0 Å². The molecule has 0 saturated heterocycles. The van der Waals surface area contributed by atoms with E-state index >= 15 is 0 Å². The first-order chi connectivity index (χ1) is 8.24. The molecule has 4 heteroatoms. The summed E-state index contributed by atoms with van der Waals surface area (Å²) in [5, 5.41) is 8.67. The van der Waals surface area contributed by atoms with Crippen molar-refractivity contribution in [3.63, 3.8) is 0 Å². The molecule has 0 aliphatic carbocycles. The summed E-state index contributed by atoms with van der Waals surface area (Å²) in [5.74, 6) is 0. The molecule has 2 heterocycles. The van der Waals surface area contributed by atoms with E-state index in [1.807, 2.05) is 6.07 Å². The van der Waals surface area contributed by atoms with Gasteiger partial charge in [-0.15, -0.1) is 22.7 Å². The molecule has 0 bridgehead atoms. The van der Waals surface area contributed by atoms with Gasteiger partial charge in [-0.05, 0) is 48.3 Å². The predicted molar refractivity (Wildman–Crippen MR) is 78.5 cm³/mol. The summed E-state index contributed by atoms with van der Waals surface area (Å²) in [6.07, 6.45) is 1.13. The predicted octanol–water partition coefficient (Wildman–Crippen LogP) is 4.86. The summed E-state index contributed by atoms with van der Waals surface area (Å²) >= 11 is 9.79. The van der Waals surface area contributed by atoms with Crippen molar-refractivity contribution in [3.05, 3.63) is 43.2 Å². The van der Waals surface area contributed by atoms with Crippen molar-refractivity contribution in [1.29, 1.82) is 0 Å². The van der Waals surface area contributed by atoms with Gasteiger partial charge in [-0.3, -0.25) is 0 Å². The topological polar surface area (TPSA) is 12.0 Å². The number of thiophene rings is 2. The molecule has 0 spiro atoms. The van der Waals surface area contributed by atoms with E-state index in [4.69, 9.17) is 11.6 Å². The molecule has 0 radical (unpaired) electrons. The average molecular weight is 286 g/mol. The van der Waals surface area contributed by atoms with Crippen LogP contribution in [0, 0.1) is 6.92 Å². The highest BCUT2D eigenvalue weighted by molar-refractivity contribution is 7.12. The van der Waals surface area contributed by atoms with Gasteiger partial charge in [0.1, 0.15) is 0 Å². The van der Waals surface area contributed by atoms with Gasteiger partial charge in [0.25, 0.3) is 0 Å². The molecule has 0 aromatic carbocycles. The van der Waals surface area contributed by atoms with Gasteiger partial charge >= 0.3 is 0 Å². The van der Waals surface area contributed by atoms with Crippen LogP contribution in [0.15, 0.2) is 22.9 Å². The molecular weight excluding hydrogens is 270 g/mol. The third-order valence-corrected chi connectivity index (χ3v) is 5.18. The molecule has 0 aliphatic heterocycles. The van der Waals surface area contributed by atoms with Crippen molar-refractivity contribution in [3.8, 4) is 0 Å². The largest absolute Gasteiger partial charge is 0.305 e. The Morgan fingerprint density at radius 1 is 1.24 bits per heavy atom. The number of halogens is 1. The van der Waals surface area contributed by atoms with Crippen molar-refractivity contribution < 1.29 is 0 Å². The minimum absolute atomic E-state index is 0.252. The Morgan fingerprint density at radius 2 is 1.94 bits per heavy atom. The summed E-state index contributed by atoms with van der Waals surface area (Å²) in [7, 11) is 0. The zero-order valence-electron chi connectivity index (χ0n) is 10.00.